The van der Waals surface area contributed by atoms with Gasteiger partial charge in [-0.15, -0.1) is 0 Å². The van der Waals surface area contributed by atoms with E-state index in [1.165, 1.54) is 0 Å². The van der Waals surface area contributed by atoms with Crippen LogP contribution in [0.1, 0.15) is 17.3 Å². The minimum Gasteiger partial charge on any atom is -0.495 e. The maximum Gasteiger partial charge on any atom is 0.137 e. The fourth-order valence-corrected chi connectivity index (χ4v) is 1.60. The zero-order chi connectivity index (χ0) is 11.5. The molecule has 2 aromatic rings. The Labute approximate surface area is 97.6 Å². The molecule has 84 valence electrons. The predicted octanol–water partition coefficient (Wildman–Crippen LogP) is 1.51. The summed E-state index contributed by atoms with van der Waals surface area (Å²) in [7, 11) is 1.56. The summed E-state index contributed by atoms with van der Waals surface area (Å²) in [6.45, 7) is 0. The van der Waals surface area contributed by atoms with E-state index in [2.05, 4.69) is 15.4 Å². The second-order valence-corrected chi connectivity index (χ2v) is 3.67. The molecule has 1 aromatic heterocycles. The molecule has 0 aliphatic heterocycles. The summed E-state index contributed by atoms with van der Waals surface area (Å²) >= 11 is 5.93. The Bertz CT molecular complexity index is 472. The highest BCUT2D eigenvalue weighted by Gasteiger charge is 2.13. The van der Waals surface area contributed by atoms with Crippen molar-refractivity contribution in [3.63, 3.8) is 0 Å². The zero-order valence-electron chi connectivity index (χ0n) is 8.64. The predicted molar refractivity (Wildman–Crippen MR) is 60.4 cm³/mol. The topological polar surface area (TPSA) is 76.8 Å². The monoisotopic (exact) mass is 238 g/mol. The van der Waals surface area contributed by atoms with Gasteiger partial charge in [0.1, 0.15) is 11.4 Å². The molecule has 0 radical (unpaired) electrons. The van der Waals surface area contributed by atoms with E-state index in [0.29, 0.717) is 16.5 Å². The van der Waals surface area contributed by atoms with Gasteiger partial charge in [0, 0.05) is 0 Å². The fourth-order valence-electron chi connectivity index (χ4n) is 1.40. The number of H-pyrrole nitrogens is 1. The Kier molecular flexibility index (Phi) is 3.07. The van der Waals surface area contributed by atoms with E-state index in [1.54, 1.807) is 25.4 Å². The number of halogens is 1. The first-order chi connectivity index (χ1) is 7.72. The van der Waals surface area contributed by atoms with Gasteiger partial charge >= 0.3 is 0 Å². The molecule has 0 amide bonds. The van der Waals surface area contributed by atoms with E-state index in [9.17, 15) is 0 Å². The van der Waals surface area contributed by atoms with Gasteiger partial charge in [-0.2, -0.15) is 15.4 Å². The number of ether oxygens (including phenoxy) is 1. The van der Waals surface area contributed by atoms with Crippen LogP contribution in [0.5, 0.6) is 5.75 Å². The number of nitrogens with two attached hydrogens (primary N) is 1. The first-order valence-corrected chi connectivity index (χ1v) is 5.05. The third-order valence-corrected chi connectivity index (χ3v) is 2.60. The van der Waals surface area contributed by atoms with Crippen molar-refractivity contribution in [1.82, 2.24) is 15.4 Å². The highest BCUT2D eigenvalue weighted by atomic mass is 35.5. The van der Waals surface area contributed by atoms with Gasteiger partial charge in [0.2, 0.25) is 0 Å². The number of aromatic nitrogens is 3. The largest absolute Gasteiger partial charge is 0.495 e. The van der Waals surface area contributed by atoms with Crippen LogP contribution in [-0.2, 0) is 0 Å². The molecule has 0 aliphatic carbocycles. The second-order valence-electron chi connectivity index (χ2n) is 3.27. The Morgan fingerprint density at radius 1 is 1.50 bits per heavy atom. The molecule has 0 spiro atoms. The summed E-state index contributed by atoms with van der Waals surface area (Å²) in [5.41, 5.74) is 7.55. The van der Waals surface area contributed by atoms with Crippen molar-refractivity contribution < 1.29 is 4.74 Å². The van der Waals surface area contributed by atoms with Gasteiger partial charge in [-0.25, -0.2) is 0 Å². The molecule has 1 atom stereocenters. The number of hydrogen-bond acceptors (Lipinski definition) is 4. The smallest absolute Gasteiger partial charge is 0.137 e. The van der Waals surface area contributed by atoms with Gasteiger partial charge in [-0.1, -0.05) is 17.7 Å². The number of aromatic amines is 1. The lowest BCUT2D eigenvalue weighted by molar-refractivity contribution is 0.414. The van der Waals surface area contributed by atoms with Crippen molar-refractivity contribution in [2.24, 2.45) is 5.73 Å². The first-order valence-electron chi connectivity index (χ1n) is 4.67. The number of benzene rings is 1. The third-order valence-electron chi connectivity index (χ3n) is 2.29. The Morgan fingerprint density at radius 3 is 2.94 bits per heavy atom. The van der Waals surface area contributed by atoms with Gasteiger partial charge in [-0.3, -0.25) is 0 Å². The maximum absolute atomic E-state index is 6.01. The molecule has 16 heavy (non-hydrogen) atoms. The Morgan fingerprint density at radius 2 is 2.31 bits per heavy atom. The van der Waals surface area contributed by atoms with Gasteiger partial charge < -0.3 is 10.5 Å². The molecule has 0 fully saturated rings. The summed E-state index contributed by atoms with van der Waals surface area (Å²) in [6.07, 6.45) is 1.59. The average Bonchev–Trinajstić information content (AvgIpc) is 2.82. The molecule has 0 saturated carbocycles. The molecule has 0 saturated heterocycles. The number of nitrogens with zero attached hydrogens (tertiary/aromatic N) is 2. The first kappa shape index (κ1) is 10.9. The summed E-state index contributed by atoms with van der Waals surface area (Å²) < 4.78 is 5.12. The highest BCUT2D eigenvalue weighted by molar-refractivity contribution is 6.32. The normalized spacial score (nSPS) is 12.4. The van der Waals surface area contributed by atoms with Crippen LogP contribution in [0.15, 0.2) is 24.4 Å². The molecule has 1 heterocycles. The van der Waals surface area contributed by atoms with E-state index in [1.807, 2.05) is 6.07 Å². The van der Waals surface area contributed by atoms with Crippen LogP contribution in [0.4, 0.5) is 0 Å². The lowest BCUT2D eigenvalue weighted by Crippen LogP contribution is -2.12. The SMILES string of the molecule is COc1cc(C(N)c2cn[nH]n2)ccc1Cl. The van der Waals surface area contributed by atoms with Crippen LogP contribution in [-0.4, -0.2) is 22.5 Å². The molecule has 1 unspecified atom stereocenters. The Balaban J connectivity index is 2.34. The van der Waals surface area contributed by atoms with Crippen LogP contribution < -0.4 is 10.5 Å². The molecular weight excluding hydrogens is 228 g/mol. The molecule has 0 bridgehead atoms. The average molecular weight is 239 g/mol. The summed E-state index contributed by atoms with van der Waals surface area (Å²) in [6, 6.07) is 5.03. The number of rotatable bonds is 3. The van der Waals surface area contributed by atoms with E-state index in [-0.39, 0.29) is 6.04 Å². The van der Waals surface area contributed by atoms with Crippen molar-refractivity contribution in [3.8, 4) is 5.75 Å². The molecule has 3 N–H and O–H groups in total. The second kappa shape index (κ2) is 4.51. The lowest BCUT2D eigenvalue weighted by atomic mass is 10.1. The quantitative estimate of drug-likeness (QED) is 0.850. The molecule has 1 aromatic carbocycles. The van der Waals surface area contributed by atoms with E-state index >= 15 is 0 Å². The van der Waals surface area contributed by atoms with Crippen molar-refractivity contribution >= 4 is 11.6 Å². The fraction of sp³-hybridized carbons (Fsp3) is 0.200. The summed E-state index contributed by atoms with van der Waals surface area (Å²) in [5, 5.41) is 10.7. The van der Waals surface area contributed by atoms with Gasteiger partial charge in [0.25, 0.3) is 0 Å². The van der Waals surface area contributed by atoms with Gasteiger partial charge in [-0.05, 0) is 17.7 Å². The summed E-state index contributed by atoms with van der Waals surface area (Å²) in [5.74, 6) is 0.595. The van der Waals surface area contributed by atoms with Crippen LogP contribution in [0, 0.1) is 0 Å². The third kappa shape index (κ3) is 2.00. The van der Waals surface area contributed by atoms with Gasteiger partial charge in [0.15, 0.2) is 0 Å². The zero-order valence-corrected chi connectivity index (χ0v) is 9.40. The number of nitrogens with one attached hydrogen (secondary N) is 1. The molecule has 5 nitrogen and oxygen atoms in total. The van der Waals surface area contributed by atoms with Crippen molar-refractivity contribution in [2.75, 3.05) is 7.11 Å². The van der Waals surface area contributed by atoms with Crippen LogP contribution >= 0.6 is 11.6 Å². The van der Waals surface area contributed by atoms with E-state index in [0.717, 1.165) is 5.56 Å². The minimum atomic E-state index is -0.343. The maximum atomic E-state index is 6.01. The molecular formula is C10H11ClN4O. The molecule has 0 aliphatic rings. The van der Waals surface area contributed by atoms with Gasteiger partial charge in [0.05, 0.1) is 24.4 Å². The van der Waals surface area contributed by atoms with Crippen LogP contribution in [0.3, 0.4) is 0 Å². The van der Waals surface area contributed by atoms with Crippen molar-refractivity contribution in [3.05, 3.63) is 40.7 Å². The van der Waals surface area contributed by atoms with Crippen LogP contribution in [0.25, 0.3) is 0 Å². The minimum absolute atomic E-state index is 0.343. The van der Waals surface area contributed by atoms with Crippen LogP contribution in [0.2, 0.25) is 5.02 Å². The number of hydrogen-bond donors (Lipinski definition) is 2. The van der Waals surface area contributed by atoms with E-state index < -0.39 is 0 Å². The highest BCUT2D eigenvalue weighted by Crippen LogP contribution is 2.28. The lowest BCUT2D eigenvalue weighted by Gasteiger charge is -2.11. The molecule has 6 heteroatoms. The van der Waals surface area contributed by atoms with Crippen molar-refractivity contribution in [1.29, 1.82) is 0 Å². The summed E-state index contributed by atoms with van der Waals surface area (Å²) in [4.78, 5) is 0. The number of methoxy groups -OCH3 is 1. The Hall–Kier alpha value is -1.59. The molecule has 2 rings (SSSR count). The standard InChI is InChI=1S/C10H11ClN4O/c1-16-9-4-6(2-3-7(9)11)10(12)8-5-13-15-14-8/h2-5,10H,12H2,1H3,(H,13,14,15). The van der Waals surface area contributed by atoms with Crippen molar-refractivity contribution in [2.45, 2.75) is 6.04 Å². The van der Waals surface area contributed by atoms with E-state index in [4.69, 9.17) is 22.1 Å².